The average molecular weight is 446 g/mol. The highest BCUT2D eigenvalue weighted by atomic mass is 19.4. The zero-order valence-electron chi connectivity index (χ0n) is 17.4. The number of hydrogen-bond donors (Lipinski definition) is 1. The summed E-state index contributed by atoms with van der Waals surface area (Å²) in [7, 11) is 0. The molecule has 1 N–H and O–H groups in total. The first-order valence-electron chi connectivity index (χ1n) is 10.0. The lowest BCUT2D eigenvalue weighted by molar-refractivity contribution is -0.138. The van der Waals surface area contributed by atoms with Gasteiger partial charge in [0.2, 0.25) is 5.95 Å². The van der Waals surface area contributed by atoms with Crippen molar-refractivity contribution < 1.29 is 18.0 Å². The van der Waals surface area contributed by atoms with Gasteiger partial charge in [0.15, 0.2) is 5.82 Å². The molecule has 1 amide bonds. The maximum Gasteiger partial charge on any atom is 0.419 e. The number of anilines is 1. The van der Waals surface area contributed by atoms with E-state index in [4.69, 9.17) is 0 Å². The molecule has 3 aromatic rings. The molecule has 4 rings (SSSR count). The molecule has 2 atom stereocenters. The SMILES string of the molecule is Cc1ccc(C(=O)N2CCCC(Nc3ncc(C(F)(F)F)cn3)C2C)c(-n2ccnn2)n1. The van der Waals surface area contributed by atoms with Gasteiger partial charge in [0, 0.05) is 36.7 Å². The minimum Gasteiger partial charge on any atom is -0.349 e. The van der Waals surface area contributed by atoms with Crippen LogP contribution >= 0.6 is 0 Å². The molecule has 4 heterocycles. The molecule has 1 saturated heterocycles. The molecule has 0 aromatic carbocycles. The van der Waals surface area contributed by atoms with Crippen molar-refractivity contribution in [1.29, 1.82) is 0 Å². The van der Waals surface area contributed by atoms with Gasteiger partial charge in [0.05, 0.1) is 23.5 Å². The van der Waals surface area contributed by atoms with E-state index in [0.29, 0.717) is 24.3 Å². The molecule has 1 aliphatic heterocycles. The molecular formula is C20H21F3N8O. The molecule has 0 saturated carbocycles. The molecule has 1 fully saturated rings. The number of likely N-dealkylation sites (tertiary alicyclic amines) is 1. The highest BCUT2D eigenvalue weighted by Gasteiger charge is 2.34. The maximum absolute atomic E-state index is 13.4. The Morgan fingerprint density at radius 2 is 1.97 bits per heavy atom. The standard InChI is InChI=1S/C20H21F3N8O/c1-12-5-6-15(17(27-12)31-9-7-26-29-31)18(32)30-8-3-4-16(13(30)2)28-19-24-10-14(11-25-19)20(21,22)23/h5-7,9-11,13,16H,3-4,8H2,1-2H3,(H,24,25,28). The van der Waals surface area contributed by atoms with Crippen LogP contribution in [0.4, 0.5) is 19.1 Å². The summed E-state index contributed by atoms with van der Waals surface area (Å²) in [6.45, 7) is 4.24. The first kappa shape index (κ1) is 21.7. The van der Waals surface area contributed by atoms with Crippen LogP contribution in [-0.4, -0.2) is 59.4 Å². The number of aryl methyl sites for hydroxylation is 1. The topological polar surface area (TPSA) is 102 Å². The number of nitrogens with one attached hydrogen (secondary N) is 1. The third-order valence-corrected chi connectivity index (χ3v) is 5.43. The Hall–Kier alpha value is -3.57. The lowest BCUT2D eigenvalue weighted by atomic mass is 9.96. The van der Waals surface area contributed by atoms with E-state index in [9.17, 15) is 18.0 Å². The number of rotatable bonds is 4. The quantitative estimate of drug-likeness (QED) is 0.658. The van der Waals surface area contributed by atoms with Crippen LogP contribution in [0.1, 0.15) is 41.4 Å². The Kier molecular flexibility index (Phi) is 5.76. The Morgan fingerprint density at radius 1 is 1.22 bits per heavy atom. The second-order valence-electron chi connectivity index (χ2n) is 7.60. The minimum atomic E-state index is -4.50. The van der Waals surface area contributed by atoms with Crippen molar-refractivity contribution in [2.45, 2.75) is 44.9 Å². The number of piperidine rings is 1. The fourth-order valence-corrected chi connectivity index (χ4v) is 3.70. The first-order valence-corrected chi connectivity index (χ1v) is 10.0. The van der Waals surface area contributed by atoms with Gasteiger partial charge in [0.1, 0.15) is 0 Å². The summed E-state index contributed by atoms with van der Waals surface area (Å²) in [5, 5.41) is 10.8. The number of nitrogens with zero attached hydrogens (tertiary/aromatic N) is 7. The Labute approximate surface area is 181 Å². The molecule has 2 unspecified atom stereocenters. The van der Waals surface area contributed by atoms with E-state index in [1.807, 2.05) is 13.8 Å². The second-order valence-corrected chi connectivity index (χ2v) is 7.60. The van der Waals surface area contributed by atoms with Gasteiger partial charge >= 0.3 is 6.18 Å². The molecule has 0 radical (unpaired) electrons. The van der Waals surface area contributed by atoms with Gasteiger partial charge in [0.25, 0.3) is 5.91 Å². The number of pyridine rings is 1. The minimum absolute atomic E-state index is 0.0875. The molecule has 0 aliphatic carbocycles. The normalized spacial score (nSPS) is 19.1. The van der Waals surface area contributed by atoms with Crippen LogP contribution in [0.15, 0.2) is 36.9 Å². The van der Waals surface area contributed by atoms with Crippen LogP contribution in [0.5, 0.6) is 0 Å². The lowest BCUT2D eigenvalue weighted by Crippen LogP contribution is -2.52. The number of alkyl halides is 3. The Morgan fingerprint density at radius 3 is 2.62 bits per heavy atom. The Balaban J connectivity index is 1.54. The summed E-state index contributed by atoms with van der Waals surface area (Å²) < 4.78 is 39.7. The van der Waals surface area contributed by atoms with Gasteiger partial charge in [-0.15, -0.1) is 5.10 Å². The van der Waals surface area contributed by atoms with Gasteiger partial charge in [-0.2, -0.15) is 13.2 Å². The number of amides is 1. The predicted molar refractivity (Wildman–Crippen MR) is 108 cm³/mol. The molecule has 1 aliphatic rings. The van der Waals surface area contributed by atoms with Crippen LogP contribution in [-0.2, 0) is 6.18 Å². The summed E-state index contributed by atoms with van der Waals surface area (Å²) >= 11 is 0. The van der Waals surface area contributed by atoms with Crippen LogP contribution in [0.2, 0.25) is 0 Å². The van der Waals surface area contributed by atoms with Gasteiger partial charge in [-0.1, -0.05) is 5.21 Å². The van der Waals surface area contributed by atoms with E-state index in [-0.39, 0.29) is 23.9 Å². The molecule has 0 bridgehead atoms. The van der Waals surface area contributed by atoms with Crippen LogP contribution in [0, 0.1) is 6.92 Å². The van der Waals surface area contributed by atoms with Crippen molar-refractivity contribution in [2.75, 3.05) is 11.9 Å². The van der Waals surface area contributed by atoms with E-state index >= 15 is 0 Å². The second kappa shape index (κ2) is 8.52. The van der Waals surface area contributed by atoms with Crippen LogP contribution < -0.4 is 5.32 Å². The molecule has 9 nitrogen and oxygen atoms in total. The highest BCUT2D eigenvalue weighted by molar-refractivity contribution is 5.97. The van der Waals surface area contributed by atoms with Crippen molar-refractivity contribution in [3.8, 4) is 5.82 Å². The fraction of sp³-hybridized carbons (Fsp3) is 0.400. The van der Waals surface area contributed by atoms with Crippen LogP contribution in [0.25, 0.3) is 5.82 Å². The zero-order chi connectivity index (χ0) is 22.9. The van der Waals surface area contributed by atoms with Crippen molar-refractivity contribution in [3.63, 3.8) is 0 Å². The number of hydrogen-bond acceptors (Lipinski definition) is 7. The summed E-state index contributed by atoms with van der Waals surface area (Å²) in [5.41, 5.74) is 0.209. The summed E-state index contributed by atoms with van der Waals surface area (Å²) in [4.78, 5) is 27.2. The van der Waals surface area contributed by atoms with E-state index < -0.39 is 11.7 Å². The average Bonchev–Trinajstić information content (AvgIpc) is 3.29. The number of carbonyl (C=O) groups excluding carboxylic acids is 1. The van der Waals surface area contributed by atoms with Crippen LogP contribution in [0.3, 0.4) is 0 Å². The summed E-state index contributed by atoms with van der Waals surface area (Å²) in [6.07, 6.45) is 1.55. The smallest absolute Gasteiger partial charge is 0.349 e. The molecule has 168 valence electrons. The van der Waals surface area contributed by atoms with Gasteiger partial charge < -0.3 is 10.2 Å². The van der Waals surface area contributed by atoms with Crippen molar-refractivity contribution >= 4 is 11.9 Å². The van der Waals surface area contributed by atoms with E-state index in [1.165, 1.54) is 10.9 Å². The monoisotopic (exact) mass is 446 g/mol. The first-order chi connectivity index (χ1) is 15.2. The third-order valence-electron chi connectivity index (χ3n) is 5.43. The molecule has 3 aromatic heterocycles. The zero-order valence-corrected chi connectivity index (χ0v) is 17.4. The number of carbonyl (C=O) groups is 1. The van der Waals surface area contributed by atoms with E-state index in [1.54, 1.807) is 23.2 Å². The van der Waals surface area contributed by atoms with Crippen molar-refractivity contribution in [2.24, 2.45) is 0 Å². The molecule has 32 heavy (non-hydrogen) atoms. The van der Waals surface area contributed by atoms with Gasteiger partial charge in [-0.3, -0.25) is 4.79 Å². The Bertz CT molecular complexity index is 1090. The largest absolute Gasteiger partial charge is 0.419 e. The van der Waals surface area contributed by atoms with E-state index in [0.717, 1.165) is 24.5 Å². The molecular weight excluding hydrogens is 425 g/mol. The highest BCUT2D eigenvalue weighted by Crippen LogP contribution is 2.29. The molecule has 0 spiro atoms. The summed E-state index contributed by atoms with van der Waals surface area (Å²) in [6, 6.07) is 2.99. The number of halogens is 3. The number of aromatic nitrogens is 6. The lowest BCUT2D eigenvalue weighted by Gasteiger charge is -2.39. The molecule has 12 heteroatoms. The van der Waals surface area contributed by atoms with Gasteiger partial charge in [-0.05, 0) is 38.8 Å². The third kappa shape index (κ3) is 4.39. The van der Waals surface area contributed by atoms with Crippen molar-refractivity contribution in [3.05, 3.63) is 53.7 Å². The fourth-order valence-electron chi connectivity index (χ4n) is 3.70. The maximum atomic E-state index is 13.4. The summed E-state index contributed by atoms with van der Waals surface area (Å²) in [5.74, 6) is 0.264. The predicted octanol–water partition coefficient (Wildman–Crippen LogP) is 2.88. The van der Waals surface area contributed by atoms with E-state index in [2.05, 4.69) is 30.6 Å². The van der Waals surface area contributed by atoms with Gasteiger partial charge in [-0.25, -0.2) is 19.6 Å². The van der Waals surface area contributed by atoms with Crippen molar-refractivity contribution in [1.82, 2.24) is 34.8 Å².